The quantitative estimate of drug-likeness (QED) is 0.614. The van der Waals surface area contributed by atoms with Crippen LogP contribution in [0.2, 0.25) is 0 Å². The normalized spacial score (nSPS) is 20.4. The van der Waals surface area contributed by atoms with E-state index in [1.165, 1.54) is 32.1 Å². The lowest BCUT2D eigenvalue weighted by Crippen LogP contribution is -2.04. The summed E-state index contributed by atoms with van der Waals surface area (Å²) < 4.78 is 4.83. The highest BCUT2D eigenvalue weighted by Gasteiger charge is 2.17. The van der Waals surface area contributed by atoms with E-state index in [2.05, 4.69) is 11.4 Å². The maximum absolute atomic E-state index is 4.83. The van der Waals surface area contributed by atoms with Gasteiger partial charge in [0.1, 0.15) is 6.26 Å². The SMILES string of the molecule is [c]1nc(C2CCCCC2)co1. The van der Waals surface area contributed by atoms with Crippen molar-refractivity contribution >= 4 is 0 Å². The Balaban J connectivity index is 2.04. The molecule has 0 saturated heterocycles. The van der Waals surface area contributed by atoms with Gasteiger partial charge >= 0.3 is 0 Å². The summed E-state index contributed by atoms with van der Waals surface area (Å²) in [6.07, 6.45) is 10.9. The molecule has 1 aliphatic carbocycles. The molecular weight excluding hydrogens is 138 g/mol. The Labute approximate surface area is 66.6 Å². The van der Waals surface area contributed by atoms with Crippen LogP contribution >= 0.6 is 0 Å². The van der Waals surface area contributed by atoms with Crippen molar-refractivity contribution in [2.45, 2.75) is 38.0 Å². The predicted octanol–water partition coefficient (Wildman–Crippen LogP) is 2.52. The third kappa shape index (κ3) is 1.44. The predicted molar refractivity (Wildman–Crippen MR) is 41.2 cm³/mol. The van der Waals surface area contributed by atoms with Crippen LogP contribution in [0.15, 0.2) is 10.7 Å². The Morgan fingerprint density at radius 3 is 2.82 bits per heavy atom. The van der Waals surface area contributed by atoms with E-state index >= 15 is 0 Å². The van der Waals surface area contributed by atoms with Gasteiger partial charge in [-0.15, -0.1) is 0 Å². The molecule has 2 nitrogen and oxygen atoms in total. The van der Waals surface area contributed by atoms with Crippen LogP contribution in [0, 0.1) is 6.39 Å². The second kappa shape index (κ2) is 3.07. The fourth-order valence-corrected chi connectivity index (χ4v) is 1.78. The van der Waals surface area contributed by atoms with Crippen molar-refractivity contribution in [3.63, 3.8) is 0 Å². The summed E-state index contributed by atoms with van der Waals surface area (Å²) in [6, 6.07) is 0. The van der Waals surface area contributed by atoms with Crippen molar-refractivity contribution in [2.75, 3.05) is 0 Å². The highest BCUT2D eigenvalue weighted by molar-refractivity contribution is 5.01. The van der Waals surface area contributed by atoms with Crippen LogP contribution in [0.3, 0.4) is 0 Å². The minimum Gasteiger partial charge on any atom is -0.441 e. The zero-order valence-electron chi connectivity index (χ0n) is 6.55. The Morgan fingerprint density at radius 2 is 2.18 bits per heavy atom. The van der Waals surface area contributed by atoms with E-state index in [1.807, 2.05) is 0 Å². The molecule has 0 spiro atoms. The van der Waals surface area contributed by atoms with Gasteiger partial charge in [0.15, 0.2) is 0 Å². The maximum atomic E-state index is 4.83. The zero-order chi connectivity index (χ0) is 7.52. The van der Waals surface area contributed by atoms with Crippen molar-refractivity contribution in [2.24, 2.45) is 0 Å². The smallest absolute Gasteiger partial charge is 0.283 e. The second-order valence-electron chi connectivity index (χ2n) is 3.20. The van der Waals surface area contributed by atoms with Gasteiger partial charge < -0.3 is 4.42 Å². The summed E-state index contributed by atoms with van der Waals surface area (Å²) in [4.78, 5) is 4.05. The van der Waals surface area contributed by atoms with Crippen molar-refractivity contribution in [3.05, 3.63) is 18.4 Å². The highest BCUT2D eigenvalue weighted by Crippen LogP contribution is 2.31. The van der Waals surface area contributed by atoms with Crippen molar-refractivity contribution in [3.8, 4) is 0 Å². The molecule has 0 aliphatic heterocycles. The van der Waals surface area contributed by atoms with Gasteiger partial charge in [-0.3, -0.25) is 0 Å². The van der Waals surface area contributed by atoms with Crippen LogP contribution in [0.1, 0.15) is 43.7 Å². The van der Waals surface area contributed by atoms with E-state index in [-0.39, 0.29) is 0 Å². The molecule has 0 aromatic carbocycles. The summed E-state index contributed by atoms with van der Waals surface area (Å²) >= 11 is 0. The first kappa shape index (κ1) is 6.89. The third-order valence-corrected chi connectivity index (χ3v) is 2.43. The number of hydrogen-bond donors (Lipinski definition) is 0. The minimum atomic E-state index is 0.652. The molecule has 2 heteroatoms. The Kier molecular flexibility index (Phi) is 1.93. The van der Waals surface area contributed by atoms with E-state index in [4.69, 9.17) is 4.42 Å². The molecule has 1 saturated carbocycles. The molecule has 1 heterocycles. The van der Waals surface area contributed by atoms with E-state index < -0.39 is 0 Å². The zero-order valence-corrected chi connectivity index (χ0v) is 6.55. The monoisotopic (exact) mass is 150 g/mol. The molecule has 2 rings (SSSR count). The topological polar surface area (TPSA) is 26.0 Å². The van der Waals surface area contributed by atoms with Gasteiger partial charge in [0.2, 0.25) is 0 Å². The largest absolute Gasteiger partial charge is 0.441 e. The average Bonchev–Trinajstić information content (AvgIpc) is 2.58. The third-order valence-electron chi connectivity index (χ3n) is 2.43. The number of rotatable bonds is 1. The summed E-state index contributed by atoms with van der Waals surface area (Å²) in [7, 11) is 0. The van der Waals surface area contributed by atoms with E-state index in [1.54, 1.807) is 6.26 Å². The van der Waals surface area contributed by atoms with Crippen LogP contribution < -0.4 is 0 Å². The van der Waals surface area contributed by atoms with Gasteiger partial charge in [0.25, 0.3) is 6.39 Å². The first-order valence-corrected chi connectivity index (χ1v) is 4.28. The van der Waals surface area contributed by atoms with Crippen LogP contribution in [-0.2, 0) is 0 Å². The Morgan fingerprint density at radius 1 is 1.36 bits per heavy atom. The maximum Gasteiger partial charge on any atom is 0.283 e. The van der Waals surface area contributed by atoms with Crippen LogP contribution in [0.4, 0.5) is 0 Å². The molecule has 1 aromatic rings. The van der Waals surface area contributed by atoms with Gasteiger partial charge in [0.05, 0.1) is 5.69 Å². The number of oxazole rings is 1. The van der Waals surface area contributed by atoms with Crippen molar-refractivity contribution in [1.29, 1.82) is 0 Å². The minimum absolute atomic E-state index is 0.652. The first-order chi connectivity index (χ1) is 5.47. The molecule has 11 heavy (non-hydrogen) atoms. The van der Waals surface area contributed by atoms with Crippen LogP contribution in [-0.4, -0.2) is 4.98 Å². The second-order valence-corrected chi connectivity index (χ2v) is 3.20. The van der Waals surface area contributed by atoms with E-state index in [0.29, 0.717) is 5.92 Å². The molecule has 0 bridgehead atoms. The van der Waals surface area contributed by atoms with Gasteiger partial charge in [-0.05, 0) is 12.8 Å². The molecule has 1 radical (unpaired) electrons. The standard InChI is InChI=1S/C9H12NO/c1-2-4-8(5-3-1)9-6-11-7-10-9/h6,8H,1-5H2. The molecule has 1 aliphatic rings. The van der Waals surface area contributed by atoms with E-state index in [0.717, 1.165) is 5.69 Å². The van der Waals surface area contributed by atoms with E-state index in [9.17, 15) is 0 Å². The van der Waals surface area contributed by atoms with Gasteiger partial charge in [-0.2, -0.15) is 0 Å². The summed E-state index contributed by atoms with van der Waals surface area (Å²) in [5.74, 6) is 0.652. The first-order valence-electron chi connectivity index (χ1n) is 4.28. The van der Waals surface area contributed by atoms with Gasteiger partial charge in [0, 0.05) is 5.92 Å². The lowest BCUT2D eigenvalue weighted by Gasteiger charge is -2.18. The van der Waals surface area contributed by atoms with Gasteiger partial charge in [-0.1, -0.05) is 19.3 Å². The lowest BCUT2D eigenvalue weighted by molar-refractivity contribution is 0.435. The summed E-state index contributed by atoms with van der Waals surface area (Å²) in [5, 5.41) is 0. The fraction of sp³-hybridized carbons (Fsp3) is 0.667. The highest BCUT2D eigenvalue weighted by atomic mass is 16.3. The van der Waals surface area contributed by atoms with Crippen LogP contribution in [0.5, 0.6) is 0 Å². The molecule has 0 amide bonds. The lowest BCUT2D eigenvalue weighted by atomic mass is 9.87. The molecule has 59 valence electrons. The number of hydrogen-bond acceptors (Lipinski definition) is 2. The molecule has 1 aromatic heterocycles. The molecule has 0 unspecified atom stereocenters. The summed E-state index contributed by atoms with van der Waals surface area (Å²) in [5.41, 5.74) is 1.10. The molecule has 1 fully saturated rings. The Hall–Kier alpha value is -0.790. The van der Waals surface area contributed by atoms with Crippen molar-refractivity contribution in [1.82, 2.24) is 4.98 Å². The molecular formula is C9H12NO. The Bertz CT molecular complexity index is 199. The van der Waals surface area contributed by atoms with Gasteiger partial charge in [-0.25, -0.2) is 4.98 Å². The fourth-order valence-electron chi connectivity index (χ4n) is 1.78. The average molecular weight is 150 g/mol. The molecule has 0 N–H and O–H groups in total. The number of nitrogens with zero attached hydrogens (tertiary/aromatic N) is 1. The summed E-state index contributed by atoms with van der Waals surface area (Å²) in [6.45, 7) is 0. The number of aromatic nitrogens is 1. The van der Waals surface area contributed by atoms with Crippen LogP contribution in [0.25, 0.3) is 0 Å². The molecule has 0 atom stereocenters. The van der Waals surface area contributed by atoms with Crippen molar-refractivity contribution < 1.29 is 4.42 Å².